The molecule has 1 aromatic carbocycles. The van der Waals surface area contributed by atoms with Gasteiger partial charge in [-0.15, -0.1) is 11.8 Å². The Labute approximate surface area is 94.4 Å². The van der Waals surface area contributed by atoms with Crippen molar-refractivity contribution in [1.29, 1.82) is 5.26 Å². The van der Waals surface area contributed by atoms with Gasteiger partial charge in [0.1, 0.15) is 6.04 Å². The second kappa shape index (κ2) is 3.91. The summed E-state index contributed by atoms with van der Waals surface area (Å²) in [5.41, 5.74) is -0.0632. The van der Waals surface area contributed by atoms with E-state index >= 15 is 0 Å². The lowest BCUT2D eigenvalue weighted by atomic mass is 10.2. The van der Waals surface area contributed by atoms with Crippen molar-refractivity contribution >= 4 is 17.4 Å². The van der Waals surface area contributed by atoms with Gasteiger partial charge in [0.2, 0.25) is 0 Å². The van der Waals surface area contributed by atoms with Gasteiger partial charge in [-0.25, -0.2) is 0 Å². The number of rotatable bonds is 0. The van der Waals surface area contributed by atoms with E-state index in [9.17, 15) is 13.2 Å². The number of fused-ring (bicyclic) bond motifs is 1. The lowest BCUT2D eigenvalue weighted by Crippen LogP contribution is -2.24. The van der Waals surface area contributed by atoms with Gasteiger partial charge in [0.05, 0.1) is 11.6 Å². The Morgan fingerprint density at radius 3 is 2.81 bits per heavy atom. The van der Waals surface area contributed by atoms with Crippen LogP contribution in [0.15, 0.2) is 23.1 Å². The van der Waals surface area contributed by atoms with Crippen LogP contribution in [0.2, 0.25) is 0 Å². The molecular weight excluding hydrogens is 237 g/mol. The molecule has 1 aliphatic rings. The minimum Gasteiger partial charge on any atom is -0.368 e. The number of nitrogens with zero attached hydrogens (tertiary/aromatic N) is 1. The van der Waals surface area contributed by atoms with Crippen LogP contribution >= 0.6 is 11.8 Å². The zero-order valence-corrected chi connectivity index (χ0v) is 8.82. The molecule has 0 spiro atoms. The van der Waals surface area contributed by atoms with E-state index in [1.807, 2.05) is 6.07 Å². The predicted molar refractivity (Wildman–Crippen MR) is 55.2 cm³/mol. The van der Waals surface area contributed by atoms with E-state index in [0.29, 0.717) is 16.3 Å². The van der Waals surface area contributed by atoms with Crippen LogP contribution in [0.1, 0.15) is 5.56 Å². The van der Waals surface area contributed by atoms with E-state index in [1.165, 1.54) is 17.8 Å². The van der Waals surface area contributed by atoms with Crippen LogP contribution in [0, 0.1) is 11.3 Å². The van der Waals surface area contributed by atoms with Gasteiger partial charge in [0.15, 0.2) is 0 Å². The summed E-state index contributed by atoms with van der Waals surface area (Å²) in [6.07, 6.45) is -4.32. The molecule has 0 radical (unpaired) electrons. The number of alkyl halides is 3. The van der Waals surface area contributed by atoms with Gasteiger partial charge in [-0.1, -0.05) is 0 Å². The SMILES string of the molecule is N#CC1CSc2cc(C(F)(F)F)ccc2N1. The first-order chi connectivity index (χ1) is 7.50. The molecular formula is C10H7F3N2S. The Hall–Kier alpha value is -1.35. The van der Waals surface area contributed by atoms with Crippen LogP contribution in [0.4, 0.5) is 18.9 Å². The van der Waals surface area contributed by atoms with Crippen LogP contribution in [0.25, 0.3) is 0 Å². The minimum atomic E-state index is -4.32. The van der Waals surface area contributed by atoms with Crippen LogP contribution in [-0.2, 0) is 6.18 Å². The molecule has 16 heavy (non-hydrogen) atoms. The van der Waals surface area contributed by atoms with Gasteiger partial charge in [-0.05, 0) is 18.2 Å². The molecule has 1 heterocycles. The fourth-order valence-electron chi connectivity index (χ4n) is 1.41. The smallest absolute Gasteiger partial charge is 0.368 e. The number of anilines is 1. The van der Waals surface area contributed by atoms with Crippen molar-refractivity contribution in [3.8, 4) is 6.07 Å². The Balaban J connectivity index is 2.33. The zero-order valence-electron chi connectivity index (χ0n) is 8.01. The molecule has 1 unspecified atom stereocenters. The van der Waals surface area contributed by atoms with Crippen molar-refractivity contribution in [1.82, 2.24) is 0 Å². The maximum absolute atomic E-state index is 12.4. The Morgan fingerprint density at radius 2 is 2.19 bits per heavy atom. The maximum atomic E-state index is 12.4. The molecule has 1 atom stereocenters. The molecule has 0 bridgehead atoms. The van der Waals surface area contributed by atoms with E-state index in [1.54, 1.807) is 0 Å². The summed E-state index contributed by atoms with van der Waals surface area (Å²) in [7, 11) is 0. The van der Waals surface area contributed by atoms with Gasteiger partial charge in [0, 0.05) is 16.3 Å². The average Bonchev–Trinajstić information content (AvgIpc) is 2.26. The molecule has 0 saturated carbocycles. The third kappa shape index (κ3) is 2.09. The molecule has 0 saturated heterocycles. The average molecular weight is 244 g/mol. The molecule has 2 rings (SSSR count). The van der Waals surface area contributed by atoms with Crippen molar-refractivity contribution < 1.29 is 13.2 Å². The Bertz CT molecular complexity index is 450. The van der Waals surface area contributed by atoms with Gasteiger partial charge in [-0.2, -0.15) is 18.4 Å². The molecule has 0 aliphatic carbocycles. The highest BCUT2D eigenvalue weighted by Crippen LogP contribution is 2.38. The number of nitriles is 1. The normalized spacial score (nSPS) is 19.5. The summed E-state index contributed by atoms with van der Waals surface area (Å²) in [6.45, 7) is 0. The van der Waals surface area contributed by atoms with Crippen molar-refractivity contribution in [2.45, 2.75) is 17.1 Å². The third-order valence-electron chi connectivity index (χ3n) is 2.20. The first kappa shape index (κ1) is 11.1. The third-order valence-corrected chi connectivity index (χ3v) is 3.35. The summed E-state index contributed by atoms with van der Waals surface area (Å²) in [5.74, 6) is 0.463. The summed E-state index contributed by atoms with van der Waals surface area (Å²) in [4.78, 5) is 0.543. The summed E-state index contributed by atoms with van der Waals surface area (Å²) in [5, 5.41) is 11.6. The van der Waals surface area contributed by atoms with Crippen LogP contribution in [-0.4, -0.2) is 11.8 Å². The molecule has 1 aromatic rings. The Kier molecular flexibility index (Phi) is 2.72. The fourth-order valence-corrected chi connectivity index (χ4v) is 2.41. The van der Waals surface area contributed by atoms with Gasteiger partial charge in [0.25, 0.3) is 0 Å². The molecule has 2 nitrogen and oxygen atoms in total. The van der Waals surface area contributed by atoms with Gasteiger partial charge >= 0.3 is 6.18 Å². The Morgan fingerprint density at radius 1 is 1.44 bits per heavy atom. The summed E-state index contributed by atoms with van der Waals surface area (Å²) < 4.78 is 37.3. The highest BCUT2D eigenvalue weighted by molar-refractivity contribution is 7.99. The molecule has 1 N–H and O–H groups in total. The highest BCUT2D eigenvalue weighted by atomic mass is 32.2. The second-order valence-corrected chi connectivity index (χ2v) is 4.41. The zero-order chi connectivity index (χ0) is 11.8. The van der Waals surface area contributed by atoms with E-state index in [4.69, 9.17) is 5.26 Å². The van der Waals surface area contributed by atoms with E-state index in [0.717, 1.165) is 12.1 Å². The highest BCUT2D eigenvalue weighted by Gasteiger charge is 2.31. The number of thioether (sulfide) groups is 1. The van der Waals surface area contributed by atoms with Crippen LogP contribution in [0.5, 0.6) is 0 Å². The summed E-state index contributed by atoms with van der Waals surface area (Å²) >= 11 is 1.27. The predicted octanol–water partition coefficient (Wildman–Crippen LogP) is 3.12. The molecule has 0 aromatic heterocycles. The monoisotopic (exact) mass is 244 g/mol. The maximum Gasteiger partial charge on any atom is 0.416 e. The summed E-state index contributed by atoms with van der Waals surface area (Å²) in [6, 6.07) is 5.20. The van der Waals surface area contributed by atoms with Crippen molar-refractivity contribution in [3.05, 3.63) is 23.8 Å². The molecule has 1 aliphatic heterocycles. The molecule has 0 fully saturated rings. The topological polar surface area (TPSA) is 35.8 Å². The quantitative estimate of drug-likeness (QED) is 0.761. The van der Waals surface area contributed by atoms with Crippen molar-refractivity contribution in [3.63, 3.8) is 0 Å². The number of nitrogens with one attached hydrogen (secondary N) is 1. The first-order valence-electron chi connectivity index (χ1n) is 4.51. The number of benzene rings is 1. The lowest BCUT2D eigenvalue weighted by Gasteiger charge is -2.22. The van der Waals surface area contributed by atoms with E-state index < -0.39 is 11.7 Å². The number of halogens is 3. The molecule has 0 amide bonds. The second-order valence-electron chi connectivity index (χ2n) is 3.35. The fraction of sp³-hybridized carbons (Fsp3) is 0.300. The van der Waals surface area contributed by atoms with E-state index in [-0.39, 0.29) is 6.04 Å². The molecule has 6 heteroatoms. The van der Waals surface area contributed by atoms with Gasteiger partial charge < -0.3 is 5.32 Å². The van der Waals surface area contributed by atoms with Gasteiger partial charge in [-0.3, -0.25) is 0 Å². The van der Waals surface area contributed by atoms with Crippen LogP contribution in [0.3, 0.4) is 0 Å². The van der Waals surface area contributed by atoms with Crippen molar-refractivity contribution in [2.75, 3.05) is 11.1 Å². The number of hydrogen-bond acceptors (Lipinski definition) is 3. The minimum absolute atomic E-state index is 0.339. The molecule has 84 valence electrons. The van der Waals surface area contributed by atoms with Crippen LogP contribution < -0.4 is 5.32 Å². The first-order valence-corrected chi connectivity index (χ1v) is 5.49. The van der Waals surface area contributed by atoms with Crippen molar-refractivity contribution in [2.24, 2.45) is 0 Å². The lowest BCUT2D eigenvalue weighted by molar-refractivity contribution is -0.137. The largest absolute Gasteiger partial charge is 0.416 e. The van der Waals surface area contributed by atoms with E-state index in [2.05, 4.69) is 5.32 Å². The standard InChI is InChI=1S/C10H7F3N2S/c11-10(12,13)6-1-2-8-9(3-6)16-5-7(4-14)15-8/h1-3,7,15H,5H2. The number of hydrogen-bond donors (Lipinski definition) is 1.